The molecule has 2 atom stereocenters. The molecule has 15 heavy (non-hydrogen) atoms. The van der Waals surface area contributed by atoms with E-state index in [1.807, 2.05) is 19.1 Å². The third-order valence-corrected chi connectivity index (χ3v) is 2.47. The Balaban J connectivity index is 2.33. The van der Waals surface area contributed by atoms with E-state index >= 15 is 0 Å². The van der Waals surface area contributed by atoms with E-state index in [-0.39, 0.29) is 0 Å². The highest BCUT2D eigenvalue weighted by Crippen LogP contribution is 2.15. The molecular formula is C12H21NO2. The molecule has 3 heteroatoms. The Morgan fingerprint density at radius 1 is 1.47 bits per heavy atom. The van der Waals surface area contributed by atoms with Crippen molar-refractivity contribution in [2.45, 2.75) is 45.8 Å². The van der Waals surface area contributed by atoms with E-state index in [1.54, 1.807) is 0 Å². The standard InChI is InChI=1S/C12H21NO2/c1-4-5-9(2)13-8-11(14)12-7-6-10(3)15-12/h6-7,9,11,13-14H,4-5,8H2,1-3H3. The van der Waals surface area contributed by atoms with Crippen LogP contribution in [0.1, 0.15) is 44.3 Å². The predicted molar refractivity (Wildman–Crippen MR) is 60.8 cm³/mol. The van der Waals surface area contributed by atoms with Gasteiger partial charge in [0.1, 0.15) is 17.6 Å². The van der Waals surface area contributed by atoms with Crippen molar-refractivity contribution >= 4 is 0 Å². The lowest BCUT2D eigenvalue weighted by atomic mass is 10.2. The molecule has 0 saturated carbocycles. The summed E-state index contributed by atoms with van der Waals surface area (Å²) in [6, 6.07) is 4.14. The predicted octanol–water partition coefficient (Wildman–Crippen LogP) is 2.40. The van der Waals surface area contributed by atoms with Gasteiger partial charge in [-0.2, -0.15) is 0 Å². The van der Waals surface area contributed by atoms with E-state index in [0.717, 1.165) is 18.6 Å². The van der Waals surface area contributed by atoms with Crippen molar-refractivity contribution in [3.05, 3.63) is 23.7 Å². The summed E-state index contributed by atoms with van der Waals surface area (Å²) >= 11 is 0. The number of nitrogens with one attached hydrogen (secondary N) is 1. The molecule has 0 aliphatic heterocycles. The van der Waals surface area contributed by atoms with Gasteiger partial charge in [0.05, 0.1) is 0 Å². The second kappa shape index (κ2) is 5.93. The summed E-state index contributed by atoms with van der Waals surface area (Å²) in [7, 11) is 0. The smallest absolute Gasteiger partial charge is 0.133 e. The molecule has 0 spiro atoms. The third kappa shape index (κ3) is 4.06. The van der Waals surface area contributed by atoms with Gasteiger partial charge in [-0.05, 0) is 32.4 Å². The Kier molecular flexibility index (Phi) is 4.85. The fourth-order valence-electron chi connectivity index (χ4n) is 1.58. The molecule has 86 valence electrons. The number of aliphatic hydroxyl groups is 1. The Hall–Kier alpha value is -0.800. The number of furan rings is 1. The van der Waals surface area contributed by atoms with Crippen LogP contribution in [-0.4, -0.2) is 17.7 Å². The summed E-state index contributed by atoms with van der Waals surface area (Å²) in [5, 5.41) is 13.1. The highest BCUT2D eigenvalue weighted by Gasteiger charge is 2.12. The van der Waals surface area contributed by atoms with E-state index in [4.69, 9.17) is 4.42 Å². The summed E-state index contributed by atoms with van der Waals surface area (Å²) < 4.78 is 5.35. The van der Waals surface area contributed by atoms with Gasteiger partial charge >= 0.3 is 0 Å². The van der Waals surface area contributed by atoms with E-state index in [1.165, 1.54) is 0 Å². The molecule has 2 unspecified atom stereocenters. The SMILES string of the molecule is CCCC(C)NCC(O)c1ccc(C)o1. The summed E-state index contributed by atoms with van der Waals surface area (Å²) in [6.07, 6.45) is 1.74. The van der Waals surface area contributed by atoms with Gasteiger partial charge in [0.2, 0.25) is 0 Å². The number of rotatable bonds is 6. The summed E-state index contributed by atoms with van der Waals surface area (Å²) in [6.45, 7) is 6.71. The zero-order valence-corrected chi connectivity index (χ0v) is 9.79. The normalized spacial score (nSPS) is 15.2. The van der Waals surface area contributed by atoms with Crippen molar-refractivity contribution < 1.29 is 9.52 Å². The van der Waals surface area contributed by atoms with E-state index in [9.17, 15) is 5.11 Å². The molecule has 0 bridgehead atoms. The quantitative estimate of drug-likeness (QED) is 0.759. The number of hydrogen-bond donors (Lipinski definition) is 2. The molecule has 3 nitrogen and oxygen atoms in total. The molecule has 0 saturated heterocycles. The van der Waals surface area contributed by atoms with E-state index < -0.39 is 6.10 Å². The molecule has 0 aliphatic carbocycles. The zero-order chi connectivity index (χ0) is 11.3. The highest BCUT2D eigenvalue weighted by atomic mass is 16.4. The van der Waals surface area contributed by atoms with Crippen LogP contribution in [0.3, 0.4) is 0 Å². The third-order valence-electron chi connectivity index (χ3n) is 2.47. The van der Waals surface area contributed by atoms with Crippen LogP contribution in [0.2, 0.25) is 0 Å². The first-order valence-electron chi connectivity index (χ1n) is 5.61. The monoisotopic (exact) mass is 211 g/mol. The average Bonchev–Trinajstić information content (AvgIpc) is 2.62. The number of aryl methyl sites for hydroxylation is 1. The molecule has 0 radical (unpaired) electrons. The fourth-order valence-corrected chi connectivity index (χ4v) is 1.58. The van der Waals surface area contributed by atoms with Gasteiger partial charge in [-0.3, -0.25) is 0 Å². The molecule has 1 heterocycles. The molecule has 2 N–H and O–H groups in total. The van der Waals surface area contributed by atoms with Gasteiger partial charge < -0.3 is 14.8 Å². The van der Waals surface area contributed by atoms with Crippen LogP contribution in [0.15, 0.2) is 16.5 Å². The molecule has 1 aromatic heterocycles. The number of hydrogen-bond acceptors (Lipinski definition) is 3. The van der Waals surface area contributed by atoms with Crippen molar-refractivity contribution in [2.24, 2.45) is 0 Å². The topological polar surface area (TPSA) is 45.4 Å². The first-order valence-corrected chi connectivity index (χ1v) is 5.61. The van der Waals surface area contributed by atoms with Crippen molar-refractivity contribution in [1.29, 1.82) is 0 Å². The lowest BCUT2D eigenvalue weighted by molar-refractivity contribution is 0.142. The van der Waals surface area contributed by atoms with Crippen LogP contribution in [0.25, 0.3) is 0 Å². The first kappa shape index (κ1) is 12.3. The highest BCUT2D eigenvalue weighted by molar-refractivity contribution is 5.08. The lowest BCUT2D eigenvalue weighted by Crippen LogP contribution is -2.30. The number of aliphatic hydroxyl groups excluding tert-OH is 1. The molecule has 0 fully saturated rings. The van der Waals surface area contributed by atoms with Crippen molar-refractivity contribution in [3.63, 3.8) is 0 Å². The maximum Gasteiger partial charge on any atom is 0.133 e. The van der Waals surface area contributed by atoms with E-state index in [0.29, 0.717) is 18.3 Å². The zero-order valence-electron chi connectivity index (χ0n) is 9.79. The minimum absolute atomic E-state index is 0.445. The molecule has 0 amide bonds. The summed E-state index contributed by atoms with van der Waals surface area (Å²) in [5.74, 6) is 1.48. The minimum Gasteiger partial charge on any atom is -0.464 e. The second-order valence-electron chi connectivity index (χ2n) is 4.06. The summed E-state index contributed by atoms with van der Waals surface area (Å²) in [4.78, 5) is 0. The van der Waals surface area contributed by atoms with Gasteiger partial charge in [-0.25, -0.2) is 0 Å². The molecule has 1 aromatic rings. The molecule has 0 aliphatic rings. The maximum atomic E-state index is 9.79. The van der Waals surface area contributed by atoms with Gasteiger partial charge in [0.25, 0.3) is 0 Å². The Labute approximate surface area is 91.5 Å². The van der Waals surface area contributed by atoms with Crippen LogP contribution in [0, 0.1) is 6.92 Å². The maximum absolute atomic E-state index is 9.79. The Morgan fingerprint density at radius 2 is 2.20 bits per heavy atom. The second-order valence-corrected chi connectivity index (χ2v) is 4.06. The van der Waals surface area contributed by atoms with Gasteiger partial charge in [-0.15, -0.1) is 0 Å². The van der Waals surface area contributed by atoms with Crippen LogP contribution < -0.4 is 5.32 Å². The van der Waals surface area contributed by atoms with E-state index in [2.05, 4.69) is 19.2 Å². The molecule has 0 aromatic carbocycles. The van der Waals surface area contributed by atoms with Crippen molar-refractivity contribution in [1.82, 2.24) is 5.32 Å². The molecule has 1 rings (SSSR count). The largest absolute Gasteiger partial charge is 0.464 e. The average molecular weight is 211 g/mol. The van der Waals surface area contributed by atoms with Gasteiger partial charge in [0, 0.05) is 12.6 Å². The van der Waals surface area contributed by atoms with Crippen molar-refractivity contribution in [3.8, 4) is 0 Å². The van der Waals surface area contributed by atoms with Gasteiger partial charge in [0.15, 0.2) is 0 Å². The van der Waals surface area contributed by atoms with Crippen molar-refractivity contribution in [2.75, 3.05) is 6.54 Å². The van der Waals surface area contributed by atoms with Crippen LogP contribution in [0.4, 0.5) is 0 Å². The van der Waals surface area contributed by atoms with Crippen LogP contribution >= 0.6 is 0 Å². The fraction of sp³-hybridized carbons (Fsp3) is 0.667. The first-order chi connectivity index (χ1) is 7.13. The van der Waals surface area contributed by atoms with Crippen LogP contribution in [-0.2, 0) is 0 Å². The lowest BCUT2D eigenvalue weighted by Gasteiger charge is -2.15. The Morgan fingerprint density at radius 3 is 2.73 bits per heavy atom. The Bertz CT molecular complexity index is 283. The molecular weight excluding hydrogens is 190 g/mol. The van der Waals surface area contributed by atoms with Crippen LogP contribution in [0.5, 0.6) is 0 Å². The summed E-state index contributed by atoms with van der Waals surface area (Å²) in [5.41, 5.74) is 0. The van der Waals surface area contributed by atoms with Gasteiger partial charge in [-0.1, -0.05) is 13.3 Å². The minimum atomic E-state index is -0.544.